The standard InChI is InChI=1S/C14H15BrN4O/c1-16-7-11-13(15)14(18-19(11)2)8-3-4-10-9(5-8)6-12(20)17-10/h3-5,16H,6-7H2,1-2H3,(H,17,20). The first kappa shape index (κ1) is 13.3. The Balaban J connectivity index is 2.04. The van der Waals surface area contributed by atoms with Gasteiger partial charge >= 0.3 is 0 Å². The van der Waals surface area contributed by atoms with Crippen molar-refractivity contribution in [2.45, 2.75) is 13.0 Å². The SMILES string of the molecule is CNCc1c(Br)c(-c2ccc3c(c2)CC(=O)N3)nn1C. The van der Waals surface area contributed by atoms with Crippen molar-refractivity contribution in [3.63, 3.8) is 0 Å². The van der Waals surface area contributed by atoms with Gasteiger partial charge in [0.25, 0.3) is 0 Å². The maximum absolute atomic E-state index is 11.4. The third-order valence-corrected chi connectivity index (χ3v) is 4.28. The Labute approximate surface area is 125 Å². The number of hydrogen-bond donors (Lipinski definition) is 2. The number of carbonyl (C=O) groups excluding carboxylic acids is 1. The van der Waals surface area contributed by atoms with Gasteiger partial charge in [-0.15, -0.1) is 0 Å². The number of carbonyl (C=O) groups is 1. The zero-order chi connectivity index (χ0) is 14.3. The molecule has 1 amide bonds. The fourth-order valence-electron chi connectivity index (χ4n) is 2.45. The average Bonchev–Trinajstić information content (AvgIpc) is 2.91. The van der Waals surface area contributed by atoms with E-state index in [9.17, 15) is 4.79 Å². The number of amides is 1. The topological polar surface area (TPSA) is 59.0 Å². The smallest absolute Gasteiger partial charge is 0.228 e. The highest BCUT2D eigenvalue weighted by atomic mass is 79.9. The van der Waals surface area contributed by atoms with Crippen LogP contribution in [0.3, 0.4) is 0 Å². The van der Waals surface area contributed by atoms with Crippen molar-refractivity contribution in [3.05, 3.63) is 33.9 Å². The van der Waals surface area contributed by atoms with E-state index in [1.807, 2.05) is 37.0 Å². The Morgan fingerprint density at radius 1 is 1.50 bits per heavy atom. The minimum atomic E-state index is 0.0492. The lowest BCUT2D eigenvalue weighted by Gasteiger charge is -2.02. The second-order valence-electron chi connectivity index (χ2n) is 4.86. The Hall–Kier alpha value is -1.66. The Kier molecular flexibility index (Phi) is 3.35. The number of nitrogens with zero attached hydrogens (tertiary/aromatic N) is 2. The van der Waals surface area contributed by atoms with Crippen molar-refractivity contribution in [1.29, 1.82) is 0 Å². The molecular formula is C14H15BrN4O. The van der Waals surface area contributed by atoms with E-state index in [0.29, 0.717) is 6.42 Å². The number of anilines is 1. The molecule has 0 bridgehead atoms. The number of halogens is 1. The average molecular weight is 335 g/mol. The van der Waals surface area contributed by atoms with E-state index in [0.717, 1.165) is 39.2 Å². The molecule has 6 heteroatoms. The highest BCUT2D eigenvalue weighted by molar-refractivity contribution is 9.10. The van der Waals surface area contributed by atoms with Crippen molar-refractivity contribution in [1.82, 2.24) is 15.1 Å². The zero-order valence-corrected chi connectivity index (χ0v) is 12.9. The second-order valence-corrected chi connectivity index (χ2v) is 5.65. The summed E-state index contributed by atoms with van der Waals surface area (Å²) in [6.45, 7) is 0.745. The van der Waals surface area contributed by atoms with Crippen molar-refractivity contribution in [2.75, 3.05) is 12.4 Å². The molecule has 5 nitrogen and oxygen atoms in total. The van der Waals surface area contributed by atoms with Crippen LogP contribution in [0.2, 0.25) is 0 Å². The van der Waals surface area contributed by atoms with Gasteiger partial charge in [0.15, 0.2) is 0 Å². The fourth-order valence-corrected chi connectivity index (χ4v) is 3.16. The van der Waals surface area contributed by atoms with E-state index in [1.165, 1.54) is 0 Å². The van der Waals surface area contributed by atoms with Gasteiger partial charge < -0.3 is 10.6 Å². The van der Waals surface area contributed by atoms with Crippen LogP contribution < -0.4 is 10.6 Å². The Bertz CT molecular complexity index is 693. The molecule has 2 N–H and O–H groups in total. The number of benzene rings is 1. The van der Waals surface area contributed by atoms with Crippen molar-refractivity contribution in [2.24, 2.45) is 7.05 Å². The normalized spacial score (nSPS) is 13.4. The van der Waals surface area contributed by atoms with E-state index in [-0.39, 0.29) is 5.91 Å². The fraction of sp³-hybridized carbons (Fsp3) is 0.286. The summed E-state index contributed by atoms with van der Waals surface area (Å²) in [4.78, 5) is 11.4. The van der Waals surface area contributed by atoms with Crippen LogP contribution in [0.5, 0.6) is 0 Å². The lowest BCUT2D eigenvalue weighted by atomic mass is 10.1. The van der Waals surface area contributed by atoms with Gasteiger partial charge in [-0.2, -0.15) is 5.10 Å². The molecule has 1 aliphatic rings. The molecule has 0 saturated heterocycles. The number of nitrogens with one attached hydrogen (secondary N) is 2. The summed E-state index contributed by atoms with van der Waals surface area (Å²) in [6, 6.07) is 5.96. The molecule has 1 aromatic heterocycles. The van der Waals surface area contributed by atoms with Gasteiger partial charge in [0, 0.05) is 24.8 Å². The van der Waals surface area contributed by atoms with Crippen LogP contribution in [0.25, 0.3) is 11.3 Å². The van der Waals surface area contributed by atoms with Crippen LogP contribution in [-0.4, -0.2) is 22.7 Å². The number of fused-ring (bicyclic) bond motifs is 1. The van der Waals surface area contributed by atoms with E-state index in [1.54, 1.807) is 0 Å². The van der Waals surface area contributed by atoms with Crippen LogP contribution in [0, 0.1) is 0 Å². The summed E-state index contributed by atoms with van der Waals surface area (Å²) in [6.07, 6.45) is 0.441. The lowest BCUT2D eigenvalue weighted by molar-refractivity contribution is -0.115. The largest absolute Gasteiger partial charge is 0.326 e. The van der Waals surface area contributed by atoms with Crippen molar-refractivity contribution >= 4 is 27.5 Å². The number of aryl methyl sites for hydroxylation is 1. The summed E-state index contributed by atoms with van der Waals surface area (Å²) < 4.78 is 2.86. The zero-order valence-electron chi connectivity index (χ0n) is 11.3. The maximum Gasteiger partial charge on any atom is 0.228 e. The third kappa shape index (κ3) is 2.14. The highest BCUT2D eigenvalue weighted by Gasteiger charge is 2.20. The van der Waals surface area contributed by atoms with Gasteiger partial charge in [-0.1, -0.05) is 6.07 Å². The molecule has 0 unspecified atom stereocenters. The lowest BCUT2D eigenvalue weighted by Crippen LogP contribution is -2.10. The maximum atomic E-state index is 11.4. The predicted octanol–water partition coefficient (Wildman–Crippen LogP) is 2.06. The van der Waals surface area contributed by atoms with E-state index < -0.39 is 0 Å². The molecule has 0 atom stereocenters. The quantitative estimate of drug-likeness (QED) is 0.903. The number of aromatic nitrogens is 2. The molecule has 1 aliphatic heterocycles. The minimum Gasteiger partial charge on any atom is -0.326 e. The van der Waals surface area contributed by atoms with Gasteiger partial charge in [-0.3, -0.25) is 9.48 Å². The molecule has 2 heterocycles. The molecule has 104 valence electrons. The van der Waals surface area contributed by atoms with Crippen LogP contribution in [0.15, 0.2) is 22.7 Å². The summed E-state index contributed by atoms with van der Waals surface area (Å²) in [5.74, 6) is 0.0492. The predicted molar refractivity (Wildman–Crippen MR) is 81.4 cm³/mol. The summed E-state index contributed by atoms with van der Waals surface area (Å²) in [5.41, 5.74) is 4.95. The molecule has 0 radical (unpaired) electrons. The highest BCUT2D eigenvalue weighted by Crippen LogP contribution is 2.33. The number of hydrogen-bond acceptors (Lipinski definition) is 3. The molecule has 3 rings (SSSR count). The second kappa shape index (κ2) is 5.03. The van der Waals surface area contributed by atoms with Gasteiger partial charge in [0.05, 0.1) is 16.6 Å². The van der Waals surface area contributed by atoms with Gasteiger partial charge in [0.2, 0.25) is 5.91 Å². The molecule has 0 saturated carbocycles. The molecule has 0 spiro atoms. The summed E-state index contributed by atoms with van der Waals surface area (Å²) >= 11 is 3.63. The first-order chi connectivity index (χ1) is 9.60. The molecule has 1 aromatic carbocycles. The van der Waals surface area contributed by atoms with E-state index in [2.05, 4.69) is 31.7 Å². The summed E-state index contributed by atoms with van der Waals surface area (Å²) in [7, 11) is 3.84. The molecule has 20 heavy (non-hydrogen) atoms. The number of rotatable bonds is 3. The summed E-state index contributed by atoms with van der Waals surface area (Å²) in [5, 5.41) is 10.5. The van der Waals surface area contributed by atoms with Crippen LogP contribution in [0.4, 0.5) is 5.69 Å². The van der Waals surface area contributed by atoms with E-state index in [4.69, 9.17) is 0 Å². The van der Waals surface area contributed by atoms with Crippen molar-refractivity contribution < 1.29 is 4.79 Å². The third-order valence-electron chi connectivity index (χ3n) is 3.45. The van der Waals surface area contributed by atoms with Crippen LogP contribution in [0.1, 0.15) is 11.3 Å². The van der Waals surface area contributed by atoms with Gasteiger partial charge in [-0.25, -0.2) is 0 Å². The van der Waals surface area contributed by atoms with Gasteiger partial charge in [-0.05, 0) is 40.7 Å². The van der Waals surface area contributed by atoms with E-state index >= 15 is 0 Å². The monoisotopic (exact) mass is 334 g/mol. The molecule has 0 fully saturated rings. The minimum absolute atomic E-state index is 0.0492. The first-order valence-electron chi connectivity index (χ1n) is 6.39. The van der Waals surface area contributed by atoms with Gasteiger partial charge in [0.1, 0.15) is 5.69 Å². The van der Waals surface area contributed by atoms with Crippen LogP contribution >= 0.6 is 15.9 Å². The Morgan fingerprint density at radius 2 is 2.30 bits per heavy atom. The molecule has 0 aliphatic carbocycles. The first-order valence-corrected chi connectivity index (χ1v) is 7.18. The Morgan fingerprint density at radius 3 is 3.05 bits per heavy atom. The molecule has 2 aromatic rings. The van der Waals surface area contributed by atoms with Crippen LogP contribution in [-0.2, 0) is 24.8 Å². The molecular weight excluding hydrogens is 320 g/mol. The van der Waals surface area contributed by atoms with Crippen molar-refractivity contribution in [3.8, 4) is 11.3 Å².